The third-order valence-electron chi connectivity index (χ3n) is 8.43. The first kappa shape index (κ1) is 29.3. The Morgan fingerprint density at radius 2 is 1.52 bits per heavy atom. The van der Waals surface area contributed by atoms with Gasteiger partial charge in [0, 0.05) is 38.5 Å². The van der Waals surface area contributed by atoms with Crippen molar-refractivity contribution in [3.63, 3.8) is 0 Å². The number of rotatable bonds is 11. The van der Waals surface area contributed by atoms with Crippen LogP contribution in [0.15, 0.2) is 78.9 Å². The molecule has 1 aliphatic carbocycles. The number of hydrogen-bond donors (Lipinski definition) is 3. The topological polar surface area (TPSA) is 108 Å². The van der Waals surface area contributed by atoms with Crippen LogP contribution in [-0.4, -0.2) is 59.8 Å². The van der Waals surface area contributed by atoms with Crippen LogP contribution in [0.3, 0.4) is 0 Å². The normalized spacial score (nSPS) is 16.6. The minimum Gasteiger partial charge on any atom is -0.481 e. The van der Waals surface area contributed by atoms with E-state index in [1.54, 1.807) is 0 Å². The summed E-state index contributed by atoms with van der Waals surface area (Å²) >= 11 is 0. The molecule has 1 saturated heterocycles. The van der Waals surface area contributed by atoms with E-state index in [1.807, 2.05) is 49.4 Å². The second-order valence-electron chi connectivity index (χ2n) is 11.7. The Morgan fingerprint density at radius 3 is 2.14 bits per heavy atom. The molecular weight excluding hydrogens is 530 g/mol. The van der Waals surface area contributed by atoms with E-state index < -0.39 is 17.6 Å². The van der Waals surface area contributed by atoms with Crippen molar-refractivity contribution in [1.82, 2.24) is 15.5 Å². The lowest BCUT2D eigenvalue weighted by Gasteiger charge is -2.42. The minimum absolute atomic E-state index is 0.0177. The van der Waals surface area contributed by atoms with Crippen molar-refractivity contribution < 1.29 is 24.2 Å². The van der Waals surface area contributed by atoms with Gasteiger partial charge in [-0.2, -0.15) is 0 Å². The Labute approximate surface area is 247 Å². The summed E-state index contributed by atoms with van der Waals surface area (Å²) in [4.78, 5) is 39.5. The molecule has 0 saturated carbocycles. The third-order valence-corrected chi connectivity index (χ3v) is 8.43. The fraction of sp³-hybridized carbons (Fsp3) is 0.382. The van der Waals surface area contributed by atoms with Crippen molar-refractivity contribution >= 4 is 18.0 Å². The molecular formula is C34H39N3O5. The number of amides is 2. The van der Waals surface area contributed by atoms with Gasteiger partial charge in [-0.3, -0.25) is 14.5 Å². The Balaban J connectivity index is 1.08. The molecule has 220 valence electrons. The van der Waals surface area contributed by atoms with Crippen molar-refractivity contribution in [1.29, 1.82) is 0 Å². The van der Waals surface area contributed by atoms with Gasteiger partial charge in [-0.05, 0) is 46.6 Å². The van der Waals surface area contributed by atoms with Gasteiger partial charge in [0.1, 0.15) is 6.61 Å². The first-order valence-corrected chi connectivity index (χ1v) is 14.7. The predicted octanol–water partition coefficient (Wildman–Crippen LogP) is 5.18. The quantitative estimate of drug-likeness (QED) is 0.294. The number of nitrogens with zero attached hydrogens (tertiary/aromatic N) is 1. The van der Waals surface area contributed by atoms with Gasteiger partial charge in [0.15, 0.2) is 0 Å². The Kier molecular flexibility index (Phi) is 9.22. The largest absolute Gasteiger partial charge is 0.481 e. The summed E-state index contributed by atoms with van der Waals surface area (Å²) in [6.07, 6.45) is 0.703. The van der Waals surface area contributed by atoms with Gasteiger partial charge in [-0.15, -0.1) is 0 Å². The van der Waals surface area contributed by atoms with Crippen LogP contribution >= 0.6 is 0 Å². The van der Waals surface area contributed by atoms with Crippen LogP contribution in [0.1, 0.15) is 55.2 Å². The molecule has 3 aromatic rings. The fourth-order valence-electron chi connectivity index (χ4n) is 6.26. The van der Waals surface area contributed by atoms with E-state index in [0.29, 0.717) is 25.9 Å². The van der Waals surface area contributed by atoms with Crippen LogP contribution in [0.25, 0.3) is 11.1 Å². The van der Waals surface area contributed by atoms with E-state index in [2.05, 4.69) is 51.9 Å². The average molecular weight is 570 g/mol. The van der Waals surface area contributed by atoms with Gasteiger partial charge in [-0.1, -0.05) is 85.8 Å². The lowest BCUT2D eigenvalue weighted by Crippen LogP contribution is -2.56. The van der Waals surface area contributed by atoms with Crippen molar-refractivity contribution in [3.8, 4) is 11.1 Å². The van der Waals surface area contributed by atoms with Gasteiger partial charge in [0.25, 0.3) is 0 Å². The van der Waals surface area contributed by atoms with E-state index in [0.717, 1.165) is 17.7 Å². The molecule has 5 rings (SSSR count). The number of nitrogens with one attached hydrogen (secondary N) is 2. The summed E-state index contributed by atoms with van der Waals surface area (Å²) in [7, 11) is 0. The molecule has 8 nitrogen and oxygen atoms in total. The maximum Gasteiger partial charge on any atom is 0.407 e. The highest BCUT2D eigenvalue weighted by atomic mass is 16.5. The molecule has 3 N–H and O–H groups in total. The van der Waals surface area contributed by atoms with E-state index in [9.17, 15) is 19.5 Å². The Hall–Kier alpha value is -4.17. The molecule has 1 heterocycles. The zero-order chi connectivity index (χ0) is 29.5. The maximum absolute atomic E-state index is 13.0. The molecule has 2 amide bonds. The number of likely N-dealkylation sites (tertiary alicyclic amines) is 1. The van der Waals surface area contributed by atoms with Crippen LogP contribution in [0.2, 0.25) is 0 Å². The number of piperidine rings is 1. The standard InChI is InChI=1S/C34H39N3O5/c1-24(21-35-33(41)42-23-30-28-13-7-5-11-26(28)27-12-6-8-14-29(27)30)19-31(38)36-34(20-32(39)40)15-17-37(18-16-34)22-25-9-3-2-4-10-25/h2-14,24,30H,15-23H2,1H3,(H,35,41)(H,36,38)(H,39,40). The van der Waals surface area contributed by atoms with Crippen LogP contribution in [0.5, 0.6) is 0 Å². The van der Waals surface area contributed by atoms with Gasteiger partial charge >= 0.3 is 12.1 Å². The summed E-state index contributed by atoms with van der Waals surface area (Å²) in [5.74, 6) is -1.28. The van der Waals surface area contributed by atoms with E-state index in [-0.39, 0.29) is 43.7 Å². The van der Waals surface area contributed by atoms with Crippen LogP contribution < -0.4 is 10.6 Å². The monoisotopic (exact) mass is 569 g/mol. The zero-order valence-corrected chi connectivity index (χ0v) is 24.1. The molecule has 8 heteroatoms. The minimum atomic E-state index is -0.920. The Morgan fingerprint density at radius 1 is 0.929 bits per heavy atom. The van der Waals surface area contributed by atoms with Crippen molar-refractivity contribution in [2.24, 2.45) is 5.92 Å². The number of carboxylic acid groups (broad SMARTS) is 1. The average Bonchev–Trinajstić information content (AvgIpc) is 3.30. The van der Waals surface area contributed by atoms with Gasteiger partial charge < -0.3 is 20.5 Å². The summed E-state index contributed by atoms with van der Waals surface area (Å²) < 4.78 is 5.61. The zero-order valence-electron chi connectivity index (χ0n) is 24.1. The van der Waals surface area contributed by atoms with Crippen molar-refractivity contribution in [2.75, 3.05) is 26.2 Å². The molecule has 1 aliphatic heterocycles. The molecule has 1 unspecified atom stereocenters. The summed E-state index contributed by atoms with van der Waals surface area (Å²) in [5.41, 5.74) is 5.09. The van der Waals surface area contributed by atoms with Crippen LogP contribution in [-0.2, 0) is 20.9 Å². The molecule has 42 heavy (non-hydrogen) atoms. The molecule has 0 spiro atoms. The molecule has 2 aliphatic rings. The van der Waals surface area contributed by atoms with E-state index in [4.69, 9.17) is 4.74 Å². The Bertz CT molecular complexity index is 1360. The number of carboxylic acids is 1. The molecule has 0 bridgehead atoms. The van der Waals surface area contributed by atoms with E-state index in [1.165, 1.54) is 16.7 Å². The highest BCUT2D eigenvalue weighted by Crippen LogP contribution is 2.44. The van der Waals surface area contributed by atoms with Crippen LogP contribution in [0, 0.1) is 5.92 Å². The van der Waals surface area contributed by atoms with Crippen molar-refractivity contribution in [2.45, 2.75) is 50.6 Å². The highest BCUT2D eigenvalue weighted by molar-refractivity contribution is 5.80. The SMILES string of the molecule is CC(CNC(=O)OCC1c2ccccc2-c2ccccc21)CC(=O)NC1(CC(=O)O)CCN(Cc2ccccc2)CC1. The van der Waals surface area contributed by atoms with Crippen LogP contribution in [0.4, 0.5) is 4.79 Å². The van der Waals surface area contributed by atoms with Gasteiger partial charge in [0.05, 0.1) is 12.0 Å². The maximum atomic E-state index is 13.0. The number of hydrogen-bond acceptors (Lipinski definition) is 5. The molecule has 1 fully saturated rings. The van der Waals surface area contributed by atoms with E-state index >= 15 is 0 Å². The highest BCUT2D eigenvalue weighted by Gasteiger charge is 2.38. The first-order valence-electron chi connectivity index (χ1n) is 14.7. The molecule has 0 radical (unpaired) electrons. The number of fused-ring (bicyclic) bond motifs is 3. The predicted molar refractivity (Wildman–Crippen MR) is 161 cm³/mol. The third kappa shape index (κ3) is 7.18. The second-order valence-corrected chi connectivity index (χ2v) is 11.7. The number of alkyl carbamates (subject to hydrolysis) is 1. The van der Waals surface area contributed by atoms with Crippen molar-refractivity contribution in [3.05, 3.63) is 95.6 Å². The summed E-state index contributed by atoms with van der Waals surface area (Å²) in [5, 5.41) is 15.4. The number of aliphatic carboxylic acids is 1. The number of ether oxygens (including phenoxy) is 1. The number of carbonyl (C=O) groups excluding carboxylic acids is 2. The molecule has 0 aromatic heterocycles. The molecule has 1 atom stereocenters. The number of benzene rings is 3. The first-order chi connectivity index (χ1) is 20.3. The lowest BCUT2D eigenvalue weighted by molar-refractivity contribution is -0.140. The van der Waals surface area contributed by atoms with Gasteiger partial charge in [-0.25, -0.2) is 4.79 Å². The number of carbonyl (C=O) groups is 3. The summed E-state index contributed by atoms with van der Waals surface area (Å²) in [6, 6.07) is 26.5. The molecule has 3 aromatic carbocycles. The second kappa shape index (κ2) is 13.2. The fourth-order valence-corrected chi connectivity index (χ4v) is 6.26. The summed E-state index contributed by atoms with van der Waals surface area (Å²) in [6.45, 7) is 4.61. The lowest BCUT2D eigenvalue weighted by atomic mass is 9.83. The smallest absolute Gasteiger partial charge is 0.407 e. The van der Waals surface area contributed by atoms with Gasteiger partial charge in [0.2, 0.25) is 5.91 Å².